The molecule has 4 rings (SSSR count). The van der Waals surface area contributed by atoms with Gasteiger partial charge in [0.25, 0.3) is 15.9 Å². The minimum Gasteiger partial charge on any atom is -0.497 e. The fourth-order valence-corrected chi connectivity index (χ4v) is 8.36. The van der Waals surface area contributed by atoms with E-state index in [4.69, 9.17) is 18.7 Å². The third-order valence-corrected chi connectivity index (χ3v) is 12.2. The topological polar surface area (TPSA) is 178 Å². The Morgan fingerprint density at radius 3 is 2.42 bits per heavy atom. The number of aryl methyl sites for hydroxylation is 2. The summed E-state index contributed by atoms with van der Waals surface area (Å²) in [5.74, 6) is 0.0185. The van der Waals surface area contributed by atoms with Gasteiger partial charge in [-0.05, 0) is 89.4 Å². The molecule has 3 aromatic rings. The number of ether oxygens (including phenoxy) is 3. The number of nitrogens with zero attached hydrogens (tertiary/aromatic N) is 3. The highest BCUT2D eigenvalue weighted by molar-refractivity contribution is 7.92. The highest BCUT2D eigenvalue weighted by atomic mass is 32.2. The molecule has 14 nitrogen and oxygen atoms in total. The van der Waals surface area contributed by atoms with Gasteiger partial charge in [0.1, 0.15) is 17.2 Å². The van der Waals surface area contributed by atoms with Crippen molar-refractivity contribution in [2.24, 2.45) is 5.92 Å². The molecule has 1 amide bonds. The molecule has 0 spiro atoms. The summed E-state index contributed by atoms with van der Waals surface area (Å²) in [7, 11) is -5.02. The molecule has 0 radical (unpaired) electrons. The van der Waals surface area contributed by atoms with E-state index in [0.717, 1.165) is 6.42 Å². The summed E-state index contributed by atoms with van der Waals surface area (Å²) in [6.07, 6.45) is 1.16. The summed E-state index contributed by atoms with van der Waals surface area (Å²) in [4.78, 5) is 15.9. The number of likely N-dealkylation sites (N-methyl/N-ethyl adjacent to an activating group) is 1. The molecular weight excluding hydrogens is 689 g/mol. The van der Waals surface area contributed by atoms with Crippen LogP contribution in [0.1, 0.15) is 61.8 Å². The molecule has 2 heterocycles. The summed E-state index contributed by atoms with van der Waals surface area (Å²) in [6.45, 7) is 8.56. The Labute approximate surface area is 294 Å². The van der Waals surface area contributed by atoms with Crippen molar-refractivity contribution in [3.8, 4) is 11.5 Å². The van der Waals surface area contributed by atoms with Crippen molar-refractivity contribution in [2.45, 2.75) is 81.9 Å². The first-order chi connectivity index (χ1) is 23.6. The van der Waals surface area contributed by atoms with E-state index in [-0.39, 0.29) is 64.0 Å². The second-order valence-corrected chi connectivity index (χ2v) is 16.4. The molecular formula is C34H48N4O10S2. The van der Waals surface area contributed by atoms with Crippen LogP contribution in [-0.4, -0.2) is 101 Å². The maximum absolute atomic E-state index is 14.4. The van der Waals surface area contributed by atoms with Gasteiger partial charge in [-0.25, -0.2) is 16.8 Å². The highest BCUT2D eigenvalue weighted by Crippen LogP contribution is 2.31. The number of nitrogens with one attached hydrogen (secondary N) is 1. The predicted molar refractivity (Wildman–Crippen MR) is 186 cm³/mol. The lowest BCUT2D eigenvalue weighted by atomic mass is 10.0. The van der Waals surface area contributed by atoms with Crippen LogP contribution in [-0.2, 0) is 24.8 Å². The number of anilines is 1. The number of sulfonamides is 2. The summed E-state index contributed by atoms with van der Waals surface area (Å²) < 4.78 is 80.2. The molecule has 50 heavy (non-hydrogen) atoms. The Morgan fingerprint density at radius 2 is 1.80 bits per heavy atom. The average molecular weight is 737 g/mol. The zero-order valence-electron chi connectivity index (χ0n) is 29.6. The number of aliphatic hydroxyl groups excluding tert-OH is 1. The molecule has 276 valence electrons. The number of hydrogen-bond donors (Lipinski definition) is 2. The fraction of sp³-hybridized carbons (Fsp3) is 0.529. The smallest absolute Gasteiger partial charge is 0.267 e. The number of benzene rings is 2. The van der Waals surface area contributed by atoms with Crippen LogP contribution in [0.25, 0.3) is 0 Å². The van der Waals surface area contributed by atoms with E-state index in [2.05, 4.69) is 9.88 Å². The van der Waals surface area contributed by atoms with Crippen molar-refractivity contribution in [1.82, 2.24) is 14.4 Å². The first-order valence-electron chi connectivity index (χ1n) is 16.5. The first-order valence-corrected chi connectivity index (χ1v) is 19.4. The Hall–Kier alpha value is -3.70. The zero-order valence-corrected chi connectivity index (χ0v) is 31.2. The Bertz CT molecular complexity index is 1810. The Balaban J connectivity index is 1.68. The van der Waals surface area contributed by atoms with Crippen LogP contribution in [0, 0.1) is 19.8 Å². The van der Waals surface area contributed by atoms with Crippen molar-refractivity contribution in [2.75, 3.05) is 45.2 Å². The molecule has 0 saturated heterocycles. The quantitative estimate of drug-likeness (QED) is 0.305. The van der Waals surface area contributed by atoms with Crippen LogP contribution in [0.2, 0.25) is 0 Å². The van der Waals surface area contributed by atoms with Gasteiger partial charge in [-0.15, -0.1) is 0 Å². The van der Waals surface area contributed by atoms with Gasteiger partial charge in [0.2, 0.25) is 10.0 Å². The van der Waals surface area contributed by atoms with Crippen LogP contribution in [0.15, 0.2) is 56.8 Å². The highest BCUT2D eigenvalue weighted by Gasteiger charge is 2.33. The molecule has 1 aliphatic rings. The molecule has 16 heteroatoms. The van der Waals surface area contributed by atoms with Gasteiger partial charge < -0.3 is 28.7 Å². The fourth-order valence-electron chi connectivity index (χ4n) is 5.79. The van der Waals surface area contributed by atoms with Gasteiger partial charge in [-0.2, -0.15) is 4.31 Å². The van der Waals surface area contributed by atoms with Crippen LogP contribution < -0.4 is 14.2 Å². The van der Waals surface area contributed by atoms with Gasteiger partial charge in [-0.1, -0.05) is 12.1 Å². The van der Waals surface area contributed by atoms with Crippen molar-refractivity contribution >= 4 is 31.6 Å². The molecule has 0 fully saturated rings. The van der Waals surface area contributed by atoms with Crippen LogP contribution >= 0.6 is 0 Å². The van der Waals surface area contributed by atoms with E-state index >= 15 is 0 Å². The van der Waals surface area contributed by atoms with E-state index in [9.17, 15) is 26.7 Å². The number of aliphatic hydroxyl groups is 1. The number of fused-ring (bicyclic) bond motifs is 1. The minimum atomic E-state index is -4.12. The standard InChI is InChI=1S/C34H48N4O10S2/c1-22-19-38(23(2)21-39)34(40)30-18-27(36-49(41,42)33-25(4)35-48-26(33)5)11-16-31(30)47-24(3)10-8-9-17-46-32(22)20-37(6)50(43,44)29-14-12-28(45-7)13-15-29/h11-16,18,22-24,32,36,39H,8-10,17,19-21H2,1-7H3/t22-,23+,24-,32-/m0/s1. The normalized spacial score (nSPS) is 20.5. The molecule has 2 aromatic carbocycles. The molecule has 0 saturated carbocycles. The summed E-state index contributed by atoms with van der Waals surface area (Å²) >= 11 is 0. The number of aromatic nitrogens is 1. The first kappa shape index (κ1) is 39.1. The van der Waals surface area contributed by atoms with Crippen molar-refractivity contribution in [3.63, 3.8) is 0 Å². The predicted octanol–water partition coefficient (Wildman–Crippen LogP) is 4.22. The molecule has 1 aliphatic heterocycles. The van der Waals surface area contributed by atoms with Crippen LogP contribution in [0.5, 0.6) is 11.5 Å². The molecule has 0 unspecified atom stereocenters. The number of carbonyl (C=O) groups excluding carboxylic acids is 1. The van der Waals surface area contributed by atoms with Gasteiger partial charge in [0.15, 0.2) is 10.7 Å². The third kappa shape index (κ3) is 9.15. The number of methoxy groups -OCH3 is 1. The molecule has 2 N–H and O–H groups in total. The average Bonchev–Trinajstić information content (AvgIpc) is 3.43. The van der Waals surface area contributed by atoms with Gasteiger partial charge in [0, 0.05) is 38.3 Å². The number of hydrogen-bond acceptors (Lipinski definition) is 11. The lowest BCUT2D eigenvalue weighted by molar-refractivity contribution is -0.00834. The lowest BCUT2D eigenvalue weighted by Crippen LogP contribution is -2.48. The van der Waals surface area contributed by atoms with Crippen LogP contribution in [0.3, 0.4) is 0 Å². The second kappa shape index (κ2) is 16.5. The zero-order chi connectivity index (χ0) is 36.8. The van der Waals surface area contributed by atoms with Crippen molar-refractivity contribution in [1.29, 1.82) is 0 Å². The molecule has 1 aromatic heterocycles. The maximum Gasteiger partial charge on any atom is 0.267 e. The Morgan fingerprint density at radius 1 is 1.10 bits per heavy atom. The van der Waals surface area contributed by atoms with E-state index in [1.54, 1.807) is 25.1 Å². The summed E-state index contributed by atoms with van der Waals surface area (Å²) in [6, 6.07) is 9.95. The van der Waals surface area contributed by atoms with Crippen molar-refractivity contribution < 1.29 is 45.5 Å². The lowest BCUT2D eigenvalue weighted by Gasteiger charge is -2.35. The number of amides is 1. The maximum atomic E-state index is 14.4. The molecule has 4 atom stereocenters. The Kier molecular flexibility index (Phi) is 12.9. The number of rotatable bonds is 10. The third-order valence-electron chi connectivity index (χ3n) is 8.75. The second-order valence-electron chi connectivity index (χ2n) is 12.7. The van der Waals surface area contributed by atoms with E-state index < -0.39 is 44.0 Å². The van der Waals surface area contributed by atoms with Crippen molar-refractivity contribution in [3.05, 3.63) is 59.5 Å². The molecule has 0 aliphatic carbocycles. The largest absolute Gasteiger partial charge is 0.497 e. The van der Waals surface area contributed by atoms with E-state index in [1.165, 1.54) is 61.5 Å². The minimum absolute atomic E-state index is 0.00873. The van der Waals surface area contributed by atoms with Gasteiger partial charge in [-0.3, -0.25) is 9.52 Å². The van der Waals surface area contributed by atoms with E-state index in [0.29, 0.717) is 25.2 Å². The summed E-state index contributed by atoms with van der Waals surface area (Å²) in [5.41, 5.74) is 0.403. The van der Waals surface area contributed by atoms with Gasteiger partial charge >= 0.3 is 0 Å². The SMILES string of the molecule is COc1ccc(S(=O)(=O)N(C)C[C@@H]2OCCCC[C@H](C)Oc3ccc(NS(=O)(=O)c4c(C)noc4C)cc3C(=O)N([C@H](C)CO)C[C@@H]2C)cc1. The monoisotopic (exact) mass is 736 g/mol. The van der Waals surface area contributed by atoms with Gasteiger partial charge in [0.05, 0.1) is 42.4 Å². The van der Waals surface area contributed by atoms with E-state index in [1.807, 2.05) is 13.8 Å². The van der Waals surface area contributed by atoms with Crippen LogP contribution in [0.4, 0.5) is 5.69 Å². The summed E-state index contributed by atoms with van der Waals surface area (Å²) in [5, 5.41) is 14.0. The number of carbonyl (C=O) groups is 1. The molecule has 0 bridgehead atoms.